The van der Waals surface area contributed by atoms with Crippen molar-refractivity contribution in [3.05, 3.63) is 18.2 Å². The van der Waals surface area contributed by atoms with Crippen LogP contribution in [-0.2, 0) is 4.79 Å². The second-order valence-electron chi connectivity index (χ2n) is 8.07. The van der Waals surface area contributed by atoms with Gasteiger partial charge in [-0.25, -0.2) is 0 Å². The highest BCUT2D eigenvalue weighted by Crippen LogP contribution is 2.34. The number of nitrogens with one attached hydrogen (secondary N) is 1. The molecule has 2 fully saturated rings. The predicted octanol–water partition coefficient (Wildman–Crippen LogP) is 1.62. The van der Waals surface area contributed by atoms with Crippen LogP contribution in [0.25, 0.3) is 0 Å². The summed E-state index contributed by atoms with van der Waals surface area (Å²) in [7, 11) is 1.80. The molecule has 2 saturated heterocycles. The number of piperazine rings is 1. The fraction of sp³-hybridized carbons (Fsp3) is 0.636. The summed E-state index contributed by atoms with van der Waals surface area (Å²) in [5.74, 6) is 3.37. The van der Waals surface area contributed by atoms with Crippen molar-refractivity contribution in [1.29, 1.82) is 0 Å². The van der Waals surface area contributed by atoms with E-state index >= 15 is 0 Å². The molecule has 0 saturated carbocycles. The smallest absolute Gasteiger partial charge is 0.239 e. The normalized spacial score (nSPS) is 19.5. The van der Waals surface area contributed by atoms with E-state index < -0.39 is 0 Å². The van der Waals surface area contributed by atoms with Crippen molar-refractivity contribution < 1.29 is 19.0 Å². The fourth-order valence-electron chi connectivity index (χ4n) is 4.31. The first-order valence-electron chi connectivity index (χ1n) is 11.2. The Kier molecular flexibility index (Phi) is 9.09. The second-order valence-corrected chi connectivity index (χ2v) is 8.07. The molecule has 0 radical (unpaired) electrons. The number of guanidine groups is 1. The topological polar surface area (TPSA) is 78.9 Å². The van der Waals surface area contributed by atoms with Gasteiger partial charge < -0.3 is 29.3 Å². The number of carbonyl (C=O) groups excluding carboxylic acids is 1. The first-order chi connectivity index (χ1) is 15.2. The molecule has 178 valence electrons. The Labute approximate surface area is 207 Å². The predicted molar refractivity (Wildman–Crippen MR) is 133 cm³/mol. The van der Waals surface area contributed by atoms with E-state index in [1.807, 2.05) is 30.0 Å². The van der Waals surface area contributed by atoms with Gasteiger partial charge in [-0.2, -0.15) is 0 Å². The van der Waals surface area contributed by atoms with Gasteiger partial charge in [-0.05, 0) is 31.9 Å². The van der Waals surface area contributed by atoms with Gasteiger partial charge in [0.15, 0.2) is 17.5 Å². The summed E-state index contributed by atoms with van der Waals surface area (Å²) in [6, 6.07) is 5.54. The molecule has 4 rings (SSSR count). The first-order valence-corrected chi connectivity index (χ1v) is 11.2. The van der Waals surface area contributed by atoms with Crippen molar-refractivity contribution in [3.8, 4) is 17.2 Å². The zero-order valence-electron chi connectivity index (χ0n) is 18.9. The van der Waals surface area contributed by atoms with Crippen molar-refractivity contribution in [2.45, 2.75) is 25.8 Å². The average molecular weight is 559 g/mol. The van der Waals surface area contributed by atoms with Gasteiger partial charge in [0.1, 0.15) is 12.4 Å². The summed E-state index contributed by atoms with van der Waals surface area (Å²) >= 11 is 0. The van der Waals surface area contributed by atoms with Gasteiger partial charge >= 0.3 is 0 Å². The van der Waals surface area contributed by atoms with Gasteiger partial charge in [0.05, 0.1) is 12.6 Å². The average Bonchev–Trinajstić information content (AvgIpc) is 3.50. The summed E-state index contributed by atoms with van der Waals surface area (Å²) in [4.78, 5) is 23.6. The van der Waals surface area contributed by atoms with Crippen LogP contribution in [0.1, 0.15) is 19.8 Å². The molecular formula is C22H34IN5O4. The van der Waals surface area contributed by atoms with Crippen LogP contribution >= 0.6 is 24.0 Å². The third-order valence-corrected chi connectivity index (χ3v) is 6.15. The van der Waals surface area contributed by atoms with Crippen molar-refractivity contribution in [2.75, 3.05) is 66.3 Å². The van der Waals surface area contributed by atoms with E-state index in [2.05, 4.69) is 20.1 Å². The van der Waals surface area contributed by atoms with E-state index in [0.717, 1.165) is 75.3 Å². The van der Waals surface area contributed by atoms with Crippen LogP contribution in [-0.4, -0.2) is 98.9 Å². The molecule has 1 unspecified atom stereocenters. The van der Waals surface area contributed by atoms with E-state index in [1.54, 1.807) is 7.05 Å². The monoisotopic (exact) mass is 559 g/mol. The van der Waals surface area contributed by atoms with Crippen LogP contribution in [0.5, 0.6) is 17.2 Å². The summed E-state index contributed by atoms with van der Waals surface area (Å²) in [6.07, 6.45) is 2.26. The molecule has 9 nitrogen and oxygen atoms in total. The fourth-order valence-corrected chi connectivity index (χ4v) is 4.31. The molecule has 32 heavy (non-hydrogen) atoms. The zero-order chi connectivity index (χ0) is 21.6. The Morgan fingerprint density at radius 1 is 1.09 bits per heavy atom. The molecule has 0 aromatic heterocycles. The maximum Gasteiger partial charge on any atom is 0.239 e. The standard InChI is InChI=1S/C22H33N5O4.HI/c1-17(21(28)26-8-3-4-9-26)25-10-12-27(13-11-25)22(23-2)24-7-14-29-18-5-6-19-20(15-18)31-16-30-19;/h5-6,15,17H,3-4,7-14,16H2,1-2H3,(H,23,24);1H. The van der Waals surface area contributed by atoms with Crippen LogP contribution in [0.15, 0.2) is 23.2 Å². The minimum atomic E-state index is -0.0506. The highest BCUT2D eigenvalue weighted by molar-refractivity contribution is 14.0. The van der Waals surface area contributed by atoms with Gasteiger partial charge in [-0.1, -0.05) is 0 Å². The minimum absolute atomic E-state index is 0. The van der Waals surface area contributed by atoms with Crippen LogP contribution < -0.4 is 19.5 Å². The Balaban J connectivity index is 0.00000289. The molecule has 1 amide bonds. The van der Waals surface area contributed by atoms with Crippen molar-refractivity contribution in [2.24, 2.45) is 4.99 Å². The summed E-state index contributed by atoms with van der Waals surface area (Å²) in [5.41, 5.74) is 0. The number of likely N-dealkylation sites (tertiary alicyclic amines) is 1. The van der Waals surface area contributed by atoms with Gasteiger partial charge in [0.25, 0.3) is 0 Å². The molecule has 0 spiro atoms. The minimum Gasteiger partial charge on any atom is -0.492 e. The van der Waals surface area contributed by atoms with Gasteiger partial charge in [0, 0.05) is 52.4 Å². The molecular weight excluding hydrogens is 525 g/mol. The van der Waals surface area contributed by atoms with Gasteiger partial charge in [-0.3, -0.25) is 14.7 Å². The van der Waals surface area contributed by atoms with Crippen LogP contribution in [0.4, 0.5) is 0 Å². The largest absolute Gasteiger partial charge is 0.492 e. The van der Waals surface area contributed by atoms with Crippen LogP contribution in [0, 0.1) is 0 Å². The number of amides is 1. The highest BCUT2D eigenvalue weighted by Gasteiger charge is 2.30. The number of carbonyl (C=O) groups is 1. The molecule has 3 heterocycles. The molecule has 1 aromatic carbocycles. The molecule has 1 aromatic rings. The van der Waals surface area contributed by atoms with E-state index in [-0.39, 0.29) is 42.7 Å². The Bertz CT molecular complexity index is 795. The van der Waals surface area contributed by atoms with Crippen molar-refractivity contribution >= 4 is 35.8 Å². The third kappa shape index (κ3) is 5.89. The number of rotatable bonds is 6. The number of hydrogen-bond donors (Lipinski definition) is 1. The molecule has 0 bridgehead atoms. The first kappa shape index (κ1) is 24.7. The van der Waals surface area contributed by atoms with E-state index in [0.29, 0.717) is 13.2 Å². The van der Waals surface area contributed by atoms with Crippen LogP contribution in [0.3, 0.4) is 0 Å². The SMILES string of the molecule is CN=C(NCCOc1ccc2c(c1)OCO2)N1CCN(C(C)C(=O)N2CCCC2)CC1.I. The van der Waals surface area contributed by atoms with E-state index in [1.165, 1.54) is 0 Å². The maximum absolute atomic E-state index is 12.7. The molecule has 1 N–H and O–H groups in total. The Hall–Kier alpha value is -1.95. The number of hydrogen-bond acceptors (Lipinski definition) is 6. The molecule has 0 aliphatic carbocycles. The zero-order valence-corrected chi connectivity index (χ0v) is 21.2. The Morgan fingerprint density at radius 2 is 1.81 bits per heavy atom. The highest BCUT2D eigenvalue weighted by atomic mass is 127. The summed E-state index contributed by atoms with van der Waals surface area (Å²) in [6.45, 7) is 8.68. The summed E-state index contributed by atoms with van der Waals surface area (Å²) in [5, 5.41) is 3.37. The van der Waals surface area contributed by atoms with E-state index in [4.69, 9.17) is 14.2 Å². The number of nitrogens with zero attached hydrogens (tertiary/aromatic N) is 4. The molecule has 1 atom stereocenters. The molecule has 10 heteroatoms. The quantitative estimate of drug-likeness (QED) is 0.246. The third-order valence-electron chi connectivity index (χ3n) is 6.15. The van der Waals surface area contributed by atoms with Gasteiger partial charge in [-0.15, -0.1) is 24.0 Å². The van der Waals surface area contributed by atoms with Crippen molar-refractivity contribution in [1.82, 2.24) is 20.0 Å². The lowest BCUT2D eigenvalue weighted by molar-refractivity contribution is -0.135. The maximum atomic E-state index is 12.7. The number of aliphatic imine (C=N–C) groups is 1. The number of benzene rings is 1. The van der Waals surface area contributed by atoms with Crippen molar-refractivity contribution in [3.63, 3.8) is 0 Å². The number of fused-ring (bicyclic) bond motifs is 1. The number of halogens is 1. The lowest BCUT2D eigenvalue weighted by atomic mass is 10.2. The van der Waals surface area contributed by atoms with Crippen LogP contribution in [0.2, 0.25) is 0 Å². The van der Waals surface area contributed by atoms with E-state index in [9.17, 15) is 4.79 Å². The molecule has 3 aliphatic heterocycles. The lowest BCUT2D eigenvalue weighted by Crippen LogP contribution is -2.57. The number of ether oxygens (including phenoxy) is 3. The van der Waals surface area contributed by atoms with Gasteiger partial charge in [0.2, 0.25) is 12.7 Å². The summed E-state index contributed by atoms with van der Waals surface area (Å²) < 4.78 is 16.5. The molecule has 3 aliphatic rings. The Morgan fingerprint density at radius 3 is 2.53 bits per heavy atom. The second kappa shape index (κ2) is 11.8. The lowest BCUT2D eigenvalue weighted by Gasteiger charge is -2.39.